The van der Waals surface area contributed by atoms with Gasteiger partial charge < -0.3 is 4.42 Å². The summed E-state index contributed by atoms with van der Waals surface area (Å²) in [7, 11) is 0. The monoisotopic (exact) mass is 209 g/mol. The van der Waals surface area contributed by atoms with E-state index in [-0.39, 0.29) is 5.91 Å². The summed E-state index contributed by atoms with van der Waals surface area (Å²) in [5, 5.41) is 4.28. The van der Waals surface area contributed by atoms with Crippen molar-refractivity contribution in [2.75, 3.05) is 5.75 Å². The number of amides is 1. The molecule has 0 saturated carbocycles. The number of carbonyl (C=O) groups is 1. The number of aliphatic imine (C=N–C) groups is 1. The van der Waals surface area contributed by atoms with Crippen LogP contribution in [0.15, 0.2) is 32.9 Å². The van der Waals surface area contributed by atoms with Crippen molar-refractivity contribution in [3.05, 3.63) is 24.2 Å². The smallest absolute Gasteiger partial charge is 0.250 e. The van der Waals surface area contributed by atoms with Gasteiger partial charge in [0.2, 0.25) is 5.17 Å². The normalized spacial score (nSPS) is 16.9. The summed E-state index contributed by atoms with van der Waals surface area (Å²) in [5.41, 5.74) is 2.35. The Labute approximate surface area is 84.3 Å². The SMILES string of the molecule is O=C1CSC(N=Cc2ccco2)=NN1. The fraction of sp³-hybridized carbons (Fsp3) is 0.125. The van der Waals surface area contributed by atoms with Gasteiger partial charge in [-0.05, 0) is 12.1 Å². The van der Waals surface area contributed by atoms with Gasteiger partial charge >= 0.3 is 0 Å². The minimum atomic E-state index is -0.105. The minimum Gasteiger partial charge on any atom is -0.463 e. The number of thioether (sulfide) groups is 1. The van der Waals surface area contributed by atoms with Gasteiger partial charge in [0, 0.05) is 0 Å². The molecule has 0 radical (unpaired) electrons. The van der Waals surface area contributed by atoms with Crippen molar-refractivity contribution < 1.29 is 9.21 Å². The molecular weight excluding hydrogens is 202 g/mol. The van der Waals surface area contributed by atoms with E-state index in [0.29, 0.717) is 16.7 Å². The van der Waals surface area contributed by atoms with Crippen LogP contribution in [0.4, 0.5) is 0 Å². The molecule has 1 aromatic rings. The summed E-state index contributed by atoms with van der Waals surface area (Å²) >= 11 is 1.29. The summed E-state index contributed by atoms with van der Waals surface area (Å²) in [6, 6.07) is 3.56. The number of carbonyl (C=O) groups excluding carboxylic acids is 1. The molecule has 0 atom stereocenters. The number of hydrogen-bond donors (Lipinski definition) is 1. The molecule has 1 aromatic heterocycles. The Morgan fingerprint density at radius 1 is 1.71 bits per heavy atom. The maximum absolute atomic E-state index is 10.7. The average molecular weight is 209 g/mol. The molecule has 0 aliphatic carbocycles. The lowest BCUT2D eigenvalue weighted by Gasteiger charge is -2.06. The van der Waals surface area contributed by atoms with Crippen molar-refractivity contribution in [3.8, 4) is 0 Å². The lowest BCUT2D eigenvalue weighted by Crippen LogP contribution is -2.25. The van der Waals surface area contributed by atoms with Crippen LogP contribution in [0.25, 0.3) is 0 Å². The lowest BCUT2D eigenvalue weighted by atomic mass is 10.5. The molecular formula is C8H7N3O2S. The molecule has 5 nitrogen and oxygen atoms in total. The summed E-state index contributed by atoms with van der Waals surface area (Å²) in [4.78, 5) is 14.8. The second-order valence-corrected chi connectivity index (χ2v) is 3.43. The van der Waals surface area contributed by atoms with Crippen molar-refractivity contribution >= 4 is 29.1 Å². The Balaban J connectivity index is 2.01. The van der Waals surface area contributed by atoms with Gasteiger partial charge in [0.15, 0.2) is 0 Å². The molecule has 6 heteroatoms. The van der Waals surface area contributed by atoms with E-state index < -0.39 is 0 Å². The highest BCUT2D eigenvalue weighted by Crippen LogP contribution is 2.08. The predicted octanol–water partition coefficient (Wildman–Crippen LogP) is 0.833. The first kappa shape index (κ1) is 9.01. The summed E-state index contributed by atoms with van der Waals surface area (Å²) in [5.74, 6) is 0.908. The Kier molecular flexibility index (Phi) is 2.64. The second kappa shape index (κ2) is 4.10. The average Bonchev–Trinajstić information content (AvgIpc) is 2.70. The van der Waals surface area contributed by atoms with E-state index in [1.807, 2.05) is 0 Å². The number of hydrogen-bond acceptors (Lipinski definition) is 5. The first-order valence-electron chi connectivity index (χ1n) is 3.91. The number of nitrogens with zero attached hydrogens (tertiary/aromatic N) is 2. The quantitative estimate of drug-likeness (QED) is 0.697. The second-order valence-electron chi connectivity index (χ2n) is 2.49. The molecule has 0 fully saturated rings. The lowest BCUT2D eigenvalue weighted by molar-refractivity contribution is -0.118. The molecule has 1 amide bonds. The standard InChI is InChI=1S/C8H7N3O2S/c12-7-5-14-8(11-10-7)9-4-6-2-1-3-13-6/h1-4H,5H2,(H,10,12). The van der Waals surface area contributed by atoms with Gasteiger partial charge in [-0.15, -0.1) is 5.10 Å². The third kappa shape index (κ3) is 2.23. The fourth-order valence-corrected chi connectivity index (χ4v) is 1.42. The van der Waals surface area contributed by atoms with E-state index in [1.54, 1.807) is 24.6 Å². The van der Waals surface area contributed by atoms with Crippen molar-refractivity contribution in [2.45, 2.75) is 0 Å². The highest BCUT2D eigenvalue weighted by molar-refractivity contribution is 8.14. The van der Waals surface area contributed by atoms with Crippen LogP contribution in [-0.2, 0) is 4.79 Å². The topological polar surface area (TPSA) is 67.0 Å². The molecule has 0 unspecified atom stereocenters. The van der Waals surface area contributed by atoms with Gasteiger partial charge in [0.25, 0.3) is 5.91 Å². The zero-order valence-electron chi connectivity index (χ0n) is 7.14. The largest absolute Gasteiger partial charge is 0.463 e. The minimum absolute atomic E-state index is 0.105. The number of amidine groups is 1. The molecule has 2 heterocycles. The van der Waals surface area contributed by atoms with Crippen LogP contribution in [0.3, 0.4) is 0 Å². The third-order valence-electron chi connectivity index (χ3n) is 1.45. The van der Waals surface area contributed by atoms with E-state index in [1.165, 1.54) is 11.8 Å². The van der Waals surface area contributed by atoms with E-state index in [2.05, 4.69) is 15.5 Å². The van der Waals surface area contributed by atoms with Crippen molar-refractivity contribution in [2.24, 2.45) is 10.1 Å². The summed E-state index contributed by atoms with van der Waals surface area (Å²) < 4.78 is 5.04. The van der Waals surface area contributed by atoms with Crippen LogP contribution in [0, 0.1) is 0 Å². The van der Waals surface area contributed by atoms with Gasteiger partial charge in [-0.3, -0.25) is 4.79 Å². The first-order chi connectivity index (χ1) is 6.84. The molecule has 1 aliphatic rings. The molecule has 14 heavy (non-hydrogen) atoms. The van der Waals surface area contributed by atoms with Crippen LogP contribution in [0.2, 0.25) is 0 Å². The van der Waals surface area contributed by atoms with Crippen molar-refractivity contribution in [3.63, 3.8) is 0 Å². The fourth-order valence-electron chi connectivity index (χ4n) is 0.855. The van der Waals surface area contributed by atoms with Crippen LogP contribution in [0.5, 0.6) is 0 Å². The maximum Gasteiger partial charge on any atom is 0.250 e. The Bertz CT molecular complexity index is 383. The van der Waals surface area contributed by atoms with E-state index >= 15 is 0 Å². The zero-order valence-corrected chi connectivity index (χ0v) is 7.95. The Morgan fingerprint density at radius 2 is 2.64 bits per heavy atom. The van der Waals surface area contributed by atoms with Gasteiger partial charge in [-0.25, -0.2) is 10.4 Å². The van der Waals surface area contributed by atoms with Crippen LogP contribution in [-0.4, -0.2) is 23.0 Å². The summed E-state index contributed by atoms with van der Waals surface area (Å²) in [6.45, 7) is 0. The molecule has 0 aromatic carbocycles. The van der Waals surface area contributed by atoms with Crippen LogP contribution < -0.4 is 5.43 Å². The van der Waals surface area contributed by atoms with Crippen molar-refractivity contribution in [1.29, 1.82) is 0 Å². The Hall–Kier alpha value is -1.56. The number of hydrazone groups is 1. The predicted molar refractivity (Wildman–Crippen MR) is 54.3 cm³/mol. The molecule has 1 N–H and O–H groups in total. The third-order valence-corrected chi connectivity index (χ3v) is 2.32. The number of furan rings is 1. The molecule has 2 rings (SSSR count). The van der Waals surface area contributed by atoms with E-state index in [9.17, 15) is 4.79 Å². The molecule has 1 aliphatic heterocycles. The van der Waals surface area contributed by atoms with Gasteiger partial charge in [0.1, 0.15) is 5.76 Å². The van der Waals surface area contributed by atoms with E-state index in [0.717, 1.165) is 0 Å². The van der Waals surface area contributed by atoms with Crippen molar-refractivity contribution in [1.82, 2.24) is 5.43 Å². The van der Waals surface area contributed by atoms with E-state index in [4.69, 9.17) is 4.42 Å². The molecule has 0 spiro atoms. The molecule has 0 bridgehead atoms. The van der Waals surface area contributed by atoms with Gasteiger partial charge in [-0.2, -0.15) is 0 Å². The first-order valence-corrected chi connectivity index (χ1v) is 4.90. The zero-order chi connectivity index (χ0) is 9.80. The highest BCUT2D eigenvalue weighted by Gasteiger charge is 2.10. The molecule has 72 valence electrons. The van der Waals surface area contributed by atoms with Crippen LogP contribution >= 0.6 is 11.8 Å². The summed E-state index contributed by atoms with van der Waals surface area (Å²) in [6.07, 6.45) is 3.13. The number of nitrogens with one attached hydrogen (secondary N) is 1. The maximum atomic E-state index is 10.7. The Morgan fingerprint density at radius 3 is 3.29 bits per heavy atom. The van der Waals surface area contributed by atoms with Gasteiger partial charge in [0.05, 0.1) is 18.2 Å². The molecule has 0 saturated heterocycles. The number of rotatable bonds is 1. The van der Waals surface area contributed by atoms with Gasteiger partial charge in [-0.1, -0.05) is 11.8 Å². The highest BCUT2D eigenvalue weighted by atomic mass is 32.2. The van der Waals surface area contributed by atoms with Crippen LogP contribution in [0.1, 0.15) is 5.76 Å².